The van der Waals surface area contributed by atoms with Crippen LogP contribution in [0.3, 0.4) is 0 Å². The summed E-state index contributed by atoms with van der Waals surface area (Å²) >= 11 is 0. The first-order valence-corrected chi connectivity index (χ1v) is 11.2. The van der Waals surface area contributed by atoms with Crippen molar-refractivity contribution in [2.75, 3.05) is 5.73 Å². The molecule has 1 aromatic carbocycles. The quantitative estimate of drug-likeness (QED) is 0.436. The van der Waals surface area contributed by atoms with Gasteiger partial charge in [0.05, 0.1) is 23.0 Å². The molecule has 4 aromatic rings. The van der Waals surface area contributed by atoms with Crippen LogP contribution >= 0.6 is 0 Å². The molecule has 0 spiro atoms. The van der Waals surface area contributed by atoms with E-state index in [-0.39, 0.29) is 29.9 Å². The lowest BCUT2D eigenvalue weighted by molar-refractivity contribution is -0.138. The van der Waals surface area contributed by atoms with Gasteiger partial charge in [-0.15, -0.1) is 0 Å². The number of carbonyl (C=O) groups excluding carboxylic acids is 1. The van der Waals surface area contributed by atoms with Gasteiger partial charge in [0, 0.05) is 35.0 Å². The molecule has 3 N–H and O–H groups in total. The Morgan fingerprint density at radius 2 is 1.91 bits per heavy atom. The third-order valence-electron chi connectivity index (χ3n) is 6.66. The van der Waals surface area contributed by atoms with E-state index in [1.165, 1.54) is 11.4 Å². The van der Waals surface area contributed by atoms with E-state index < -0.39 is 5.97 Å². The number of fused-ring (bicyclic) bond motifs is 2. The molecule has 8 heteroatoms. The Morgan fingerprint density at radius 1 is 1.15 bits per heavy atom. The number of rotatable bonds is 5. The molecule has 1 aliphatic carbocycles. The van der Waals surface area contributed by atoms with Crippen LogP contribution in [0.15, 0.2) is 42.7 Å². The van der Waals surface area contributed by atoms with Gasteiger partial charge < -0.3 is 10.8 Å². The Balaban J connectivity index is 1.59. The van der Waals surface area contributed by atoms with Crippen LogP contribution in [0.5, 0.6) is 0 Å². The fraction of sp³-hybridized carbons (Fsp3) is 0.320. The van der Waals surface area contributed by atoms with Gasteiger partial charge in [0.1, 0.15) is 5.82 Å². The van der Waals surface area contributed by atoms with Gasteiger partial charge >= 0.3 is 5.97 Å². The minimum Gasteiger partial charge on any atom is -0.481 e. The minimum atomic E-state index is -0.764. The number of carboxylic acid groups (broad SMARTS) is 1. The predicted molar refractivity (Wildman–Crippen MR) is 125 cm³/mol. The summed E-state index contributed by atoms with van der Waals surface area (Å²) in [6.07, 6.45) is 6.84. The number of nitrogen functional groups attached to an aromatic ring is 1. The monoisotopic (exact) mass is 443 g/mol. The van der Waals surface area contributed by atoms with Gasteiger partial charge in [0.25, 0.3) is 0 Å². The number of carboxylic acids is 1. The molecule has 0 bridgehead atoms. The number of aliphatic carboxylic acids is 1. The van der Waals surface area contributed by atoms with Crippen LogP contribution in [0.25, 0.3) is 27.7 Å². The van der Waals surface area contributed by atoms with Crippen LogP contribution in [0.4, 0.5) is 5.82 Å². The average molecular weight is 444 g/mol. The highest BCUT2D eigenvalue weighted by atomic mass is 16.4. The van der Waals surface area contributed by atoms with Gasteiger partial charge in [-0.25, -0.2) is 4.98 Å². The maximum Gasteiger partial charge on any atom is 0.303 e. The van der Waals surface area contributed by atoms with Crippen molar-refractivity contribution >= 4 is 34.1 Å². The van der Waals surface area contributed by atoms with Gasteiger partial charge in [-0.1, -0.05) is 18.2 Å². The van der Waals surface area contributed by atoms with Crippen LogP contribution in [0, 0.1) is 5.92 Å². The lowest BCUT2D eigenvalue weighted by Gasteiger charge is -2.28. The summed E-state index contributed by atoms with van der Waals surface area (Å²) in [5.74, 6) is -0.405. The zero-order valence-corrected chi connectivity index (χ0v) is 18.4. The number of pyridine rings is 1. The molecule has 3 heterocycles. The van der Waals surface area contributed by atoms with Crippen LogP contribution in [0.1, 0.15) is 61.0 Å². The Hall–Kier alpha value is -3.81. The third-order valence-corrected chi connectivity index (χ3v) is 6.66. The molecule has 3 aromatic heterocycles. The SMILES string of the molecule is CC(=O)c1c(C2CCC(CC(=O)O)CC2)nc2c(-c3cnc4ccccc4c3)cnn2c1N. The Labute approximate surface area is 190 Å². The Bertz CT molecular complexity index is 1390. The van der Waals surface area contributed by atoms with Crippen molar-refractivity contribution < 1.29 is 14.7 Å². The number of ketones is 1. The van der Waals surface area contributed by atoms with Crippen molar-refractivity contribution in [2.45, 2.75) is 44.9 Å². The molecule has 0 saturated heterocycles. The second-order valence-electron chi connectivity index (χ2n) is 8.84. The minimum absolute atomic E-state index is 0.0544. The van der Waals surface area contributed by atoms with Crippen molar-refractivity contribution in [1.29, 1.82) is 0 Å². The van der Waals surface area contributed by atoms with Crippen molar-refractivity contribution in [1.82, 2.24) is 19.6 Å². The highest BCUT2D eigenvalue weighted by Crippen LogP contribution is 2.40. The summed E-state index contributed by atoms with van der Waals surface area (Å²) in [7, 11) is 0. The van der Waals surface area contributed by atoms with E-state index in [0.717, 1.165) is 47.7 Å². The van der Waals surface area contributed by atoms with Gasteiger partial charge in [0.15, 0.2) is 11.4 Å². The molecular formula is C25H25N5O3. The van der Waals surface area contributed by atoms with E-state index in [1.54, 1.807) is 12.4 Å². The number of hydrogen-bond donors (Lipinski definition) is 2. The largest absolute Gasteiger partial charge is 0.481 e. The molecule has 8 nitrogen and oxygen atoms in total. The maximum atomic E-state index is 12.6. The molecular weight excluding hydrogens is 418 g/mol. The van der Waals surface area contributed by atoms with Crippen LogP contribution < -0.4 is 5.73 Å². The first-order valence-electron chi connectivity index (χ1n) is 11.2. The zero-order chi connectivity index (χ0) is 23.1. The van der Waals surface area contributed by atoms with Crippen LogP contribution in [0.2, 0.25) is 0 Å². The standard InChI is InChI=1S/C25H25N5O3/c1-14(31)22-23(16-8-6-15(7-9-16)10-21(32)33)29-25-19(13-28-30(25)24(22)26)18-11-17-4-2-3-5-20(17)27-12-18/h2-5,11-13,15-16H,6-10,26H2,1H3,(H,32,33). The molecule has 33 heavy (non-hydrogen) atoms. The topological polar surface area (TPSA) is 123 Å². The number of benzene rings is 1. The number of hydrogen-bond acceptors (Lipinski definition) is 6. The average Bonchev–Trinajstić information content (AvgIpc) is 3.23. The molecule has 0 radical (unpaired) electrons. The lowest BCUT2D eigenvalue weighted by atomic mass is 9.78. The summed E-state index contributed by atoms with van der Waals surface area (Å²) in [4.78, 5) is 33.1. The lowest BCUT2D eigenvalue weighted by Crippen LogP contribution is -2.21. The molecule has 1 saturated carbocycles. The summed E-state index contributed by atoms with van der Waals surface area (Å²) < 4.78 is 1.53. The van der Waals surface area contributed by atoms with Crippen molar-refractivity contribution in [3.8, 4) is 11.1 Å². The third kappa shape index (κ3) is 3.82. The summed E-state index contributed by atoms with van der Waals surface area (Å²) in [6.45, 7) is 1.50. The van der Waals surface area contributed by atoms with Gasteiger partial charge in [0.2, 0.25) is 0 Å². The molecule has 168 valence electrons. The van der Waals surface area contributed by atoms with Gasteiger partial charge in [-0.05, 0) is 50.7 Å². The number of nitrogens with zero attached hydrogens (tertiary/aromatic N) is 4. The maximum absolute atomic E-state index is 12.6. The van der Waals surface area contributed by atoms with Gasteiger partial charge in [-0.3, -0.25) is 14.6 Å². The van der Waals surface area contributed by atoms with Crippen molar-refractivity contribution in [3.05, 3.63) is 54.0 Å². The van der Waals surface area contributed by atoms with Crippen molar-refractivity contribution in [3.63, 3.8) is 0 Å². The summed E-state index contributed by atoms with van der Waals surface area (Å²) in [5.41, 5.74) is 10.7. The highest BCUT2D eigenvalue weighted by molar-refractivity contribution is 6.00. The normalized spacial score (nSPS) is 18.6. The fourth-order valence-corrected chi connectivity index (χ4v) is 5.00. The van der Waals surface area contributed by atoms with E-state index in [1.807, 2.05) is 30.3 Å². The zero-order valence-electron chi connectivity index (χ0n) is 18.4. The van der Waals surface area contributed by atoms with E-state index in [9.17, 15) is 9.59 Å². The molecule has 1 aliphatic rings. The van der Waals surface area contributed by atoms with E-state index in [0.29, 0.717) is 16.9 Å². The number of nitrogens with two attached hydrogens (primary N) is 1. The Morgan fingerprint density at radius 3 is 2.64 bits per heavy atom. The number of carbonyl (C=O) groups is 2. The molecule has 1 fully saturated rings. The van der Waals surface area contributed by atoms with Crippen LogP contribution in [-0.4, -0.2) is 36.4 Å². The first-order chi connectivity index (χ1) is 15.9. The fourth-order valence-electron chi connectivity index (χ4n) is 5.00. The second kappa shape index (κ2) is 8.27. The molecule has 0 unspecified atom stereocenters. The second-order valence-corrected chi connectivity index (χ2v) is 8.84. The van der Waals surface area contributed by atoms with E-state index >= 15 is 0 Å². The van der Waals surface area contributed by atoms with E-state index in [4.69, 9.17) is 15.8 Å². The van der Waals surface area contributed by atoms with Crippen molar-refractivity contribution in [2.24, 2.45) is 5.92 Å². The number of aromatic nitrogens is 4. The number of anilines is 1. The van der Waals surface area contributed by atoms with Crippen LogP contribution in [-0.2, 0) is 4.79 Å². The molecule has 0 atom stereocenters. The summed E-state index contributed by atoms with van der Waals surface area (Å²) in [5, 5.41) is 14.6. The highest BCUT2D eigenvalue weighted by Gasteiger charge is 2.30. The van der Waals surface area contributed by atoms with Gasteiger partial charge in [-0.2, -0.15) is 9.61 Å². The smallest absolute Gasteiger partial charge is 0.303 e. The number of Topliss-reactive ketones (excluding diaryl/α,β-unsaturated/α-hetero) is 1. The molecule has 0 aliphatic heterocycles. The molecule has 5 rings (SSSR count). The molecule has 0 amide bonds. The summed E-state index contributed by atoms with van der Waals surface area (Å²) in [6, 6.07) is 9.94. The van der Waals surface area contributed by atoms with E-state index in [2.05, 4.69) is 10.1 Å². The Kier molecular flexibility index (Phi) is 5.28. The first kappa shape index (κ1) is 21.1. The number of para-hydroxylation sites is 1. The predicted octanol–water partition coefficient (Wildman–Crippen LogP) is 4.48.